The van der Waals surface area contributed by atoms with Gasteiger partial charge in [-0.3, -0.25) is 14.4 Å². The number of amides is 3. The van der Waals surface area contributed by atoms with E-state index in [4.69, 9.17) is 4.74 Å². The number of hydrogen-bond acceptors (Lipinski definition) is 4. The van der Waals surface area contributed by atoms with E-state index in [0.717, 1.165) is 5.69 Å². The van der Waals surface area contributed by atoms with Crippen molar-refractivity contribution < 1.29 is 19.1 Å². The average molecular weight is 381 g/mol. The maximum absolute atomic E-state index is 12.7. The first-order valence-electron chi connectivity index (χ1n) is 9.16. The van der Waals surface area contributed by atoms with Crippen LogP contribution < -0.4 is 20.3 Å². The lowest BCUT2D eigenvalue weighted by Crippen LogP contribution is -2.29. The Morgan fingerprint density at radius 1 is 1.14 bits per heavy atom. The number of hydrogen-bond donors (Lipinski definition) is 2. The number of rotatable bonds is 6. The van der Waals surface area contributed by atoms with Crippen LogP contribution in [0.1, 0.15) is 23.7 Å². The van der Waals surface area contributed by atoms with Gasteiger partial charge in [-0.05, 0) is 43.3 Å². The van der Waals surface area contributed by atoms with Crippen LogP contribution in [0.15, 0.2) is 48.5 Å². The number of benzene rings is 2. The van der Waals surface area contributed by atoms with Crippen LogP contribution >= 0.6 is 0 Å². The summed E-state index contributed by atoms with van der Waals surface area (Å²) in [4.78, 5) is 38.9. The molecular weight excluding hydrogens is 358 g/mol. The molecule has 0 spiro atoms. The summed E-state index contributed by atoms with van der Waals surface area (Å²) in [5, 5.41) is 5.53. The van der Waals surface area contributed by atoms with E-state index in [2.05, 4.69) is 10.6 Å². The minimum atomic E-state index is -0.489. The summed E-state index contributed by atoms with van der Waals surface area (Å²) in [6.07, 6.45) is 0.126. The van der Waals surface area contributed by atoms with E-state index in [1.165, 1.54) is 0 Å². The Balaban J connectivity index is 1.71. The molecule has 0 radical (unpaired) electrons. The van der Waals surface area contributed by atoms with Crippen LogP contribution in [0.4, 0.5) is 11.4 Å². The predicted molar refractivity (Wildman–Crippen MR) is 107 cm³/mol. The second-order valence-corrected chi connectivity index (χ2v) is 6.50. The number of ether oxygens (including phenoxy) is 1. The first-order valence-corrected chi connectivity index (χ1v) is 9.16. The van der Waals surface area contributed by atoms with Crippen LogP contribution in [0.2, 0.25) is 0 Å². The van der Waals surface area contributed by atoms with Gasteiger partial charge in [-0.15, -0.1) is 0 Å². The molecule has 1 unspecified atom stereocenters. The largest absolute Gasteiger partial charge is 0.497 e. The van der Waals surface area contributed by atoms with Crippen molar-refractivity contribution >= 4 is 29.1 Å². The smallest absolute Gasteiger partial charge is 0.253 e. The fourth-order valence-corrected chi connectivity index (χ4v) is 3.18. The Labute approximate surface area is 163 Å². The zero-order valence-electron chi connectivity index (χ0n) is 15.9. The predicted octanol–water partition coefficient (Wildman–Crippen LogP) is 2.44. The average Bonchev–Trinajstić information content (AvgIpc) is 3.10. The Morgan fingerprint density at radius 3 is 2.54 bits per heavy atom. The standard InChI is InChI=1S/C21H23N3O4/c1-3-22-21(27)17-6-4-5-7-18(17)23-20(26)14-12-19(25)24(13-14)15-8-10-16(28-2)11-9-15/h4-11,14H,3,12-13H2,1-2H3,(H,22,27)(H,23,26). The van der Waals surface area contributed by atoms with E-state index in [9.17, 15) is 14.4 Å². The van der Waals surface area contributed by atoms with Crippen molar-refractivity contribution in [3.63, 3.8) is 0 Å². The first kappa shape index (κ1) is 19.4. The second-order valence-electron chi connectivity index (χ2n) is 6.50. The van der Waals surface area contributed by atoms with E-state index in [1.807, 2.05) is 6.92 Å². The van der Waals surface area contributed by atoms with E-state index in [1.54, 1.807) is 60.5 Å². The lowest BCUT2D eigenvalue weighted by molar-refractivity contribution is -0.122. The molecule has 28 heavy (non-hydrogen) atoms. The third kappa shape index (κ3) is 4.14. The van der Waals surface area contributed by atoms with Gasteiger partial charge < -0.3 is 20.3 Å². The molecule has 1 atom stereocenters. The Kier molecular flexibility index (Phi) is 5.93. The molecule has 3 rings (SSSR count). The van der Waals surface area contributed by atoms with Crippen molar-refractivity contribution in [3.05, 3.63) is 54.1 Å². The summed E-state index contributed by atoms with van der Waals surface area (Å²) < 4.78 is 5.13. The molecule has 7 nitrogen and oxygen atoms in total. The van der Waals surface area contributed by atoms with Crippen LogP contribution in [0, 0.1) is 5.92 Å². The summed E-state index contributed by atoms with van der Waals surface area (Å²) in [6.45, 7) is 2.62. The molecule has 0 aromatic heterocycles. The molecule has 1 aliphatic heterocycles. The number of carbonyl (C=O) groups excluding carboxylic acids is 3. The molecule has 1 heterocycles. The molecular formula is C21H23N3O4. The minimum Gasteiger partial charge on any atom is -0.497 e. The van der Waals surface area contributed by atoms with Gasteiger partial charge in [0.05, 0.1) is 24.3 Å². The quantitative estimate of drug-likeness (QED) is 0.805. The molecule has 2 aromatic rings. The number of carbonyl (C=O) groups is 3. The van der Waals surface area contributed by atoms with Crippen molar-refractivity contribution in [2.24, 2.45) is 5.92 Å². The van der Waals surface area contributed by atoms with Gasteiger partial charge in [-0.25, -0.2) is 0 Å². The molecule has 2 N–H and O–H groups in total. The minimum absolute atomic E-state index is 0.109. The molecule has 0 saturated carbocycles. The highest BCUT2D eigenvalue weighted by Gasteiger charge is 2.35. The lowest BCUT2D eigenvalue weighted by atomic mass is 10.1. The van der Waals surface area contributed by atoms with Gasteiger partial charge in [-0.1, -0.05) is 12.1 Å². The number of methoxy groups -OCH3 is 1. The summed E-state index contributed by atoms with van der Waals surface area (Å²) in [5.41, 5.74) is 1.56. The fraction of sp³-hybridized carbons (Fsp3) is 0.286. The molecule has 2 aromatic carbocycles. The van der Waals surface area contributed by atoms with Crippen molar-refractivity contribution in [1.82, 2.24) is 5.32 Å². The summed E-state index contributed by atoms with van der Waals surface area (Å²) in [7, 11) is 1.58. The zero-order valence-corrected chi connectivity index (χ0v) is 15.9. The SMILES string of the molecule is CCNC(=O)c1ccccc1NC(=O)C1CC(=O)N(c2ccc(OC)cc2)C1. The number of nitrogens with one attached hydrogen (secondary N) is 2. The molecule has 1 saturated heterocycles. The number of para-hydroxylation sites is 1. The summed E-state index contributed by atoms with van der Waals surface area (Å²) >= 11 is 0. The van der Waals surface area contributed by atoms with Crippen LogP contribution in [0.25, 0.3) is 0 Å². The third-order valence-corrected chi connectivity index (χ3v) is 4.65. The van der Waals surface area contributed by atoms with Gasteiger partial charge >= 0.3 is 0 Å². The molecule has 0 aliphatic carbocycles. The molecule has 7 heteroatoms. The van der Waals surface area contributed by atoms with Gasteiger partial charge in [0.1, 0.15) is 5.75 Å². The molecule has 1 aliphatic rings. The van der Waals surface area contributed by atoms with Gasteiger partial charge in [-0.2, -0.15) is 0 Å². The van der Waals surface area contributed by atoms with Crippen molar-refractivity contribution in [2.75, 3.05) is 30.4 Å². The Morgan fingerprint density at radius 2 is 1.86 bits per heavy atom. The topological polar surface area (TPSA) is 87.7 Å². The maximum atomic E-state index is 12.7. The summed E-state index contributed by atoms with van der Waals surface area (Å²) in [5.74, 6) is -0.423. The molecule has 3 amide bonds. The van der Waals surface area contributed by atoms with Gasteiger partial charge in [0, 0.05) is 25.2 Å². The number of anilines is 2. The van der Waals surface area contributed by atoms with Gasteiger partial charge in [0.25, 0.3) is 5.91 Å². The van der Waals surface area contributed by atoms with E-state index >= 15 is 0 Å². The summed E-state index contributed by atoms with van der Waals surface area (Å²) in [6, 6.07) is 14.0. The van der Waals surface area contributed by atoms with Crippen LogP contribution in [0.3, 0.4) is 0 Å². The molecule has 1 fully saturated rings. The van der Waals surface area contributed by atoms with Crippen molar-refractivity contribution in [2.45, 2.75) is 13.3 Å². The number of nitrogens with zero attached hydrogens (tertiary/aromatic N) is 1. The van der Waals surface area contributed by atoms with Crippen molar-refractivity contribution in [3.8, 4) is 5.75 Å². The normalized spacial score (nSPS) is 16.0. The van der Waals surface area contributed by atoms with Gasteiger partial charge in [0.2, 0.25) is 11.8 Å². The zero-order chi connectivity index (χ0) is 20.1. The van der Waals surface area contributed by atoms with E-state index < -0.39 is 5.92 Å². The first-order chi connectivity index (χ1) is 13.5. The monoisotopic (exact) mass is 381 g/mol. The third-order valence-electron chi connectivity index (χ3n) is 4.65. The molecule has 0 bridgehead atoms. The molecule has 146 valence electrons. The van der Waals surface area contributed by atoms with Crippen LogP contribution in [-0.4, -0.2) is 37.9 Å². The van der Waals surface area contributed by atoms with E-state index in [-0.39, 0.29) is 24.1 Å². The fourth-order valence-electron chi connectivity index (χ4n) is 3.18. The highest BCUT2D eigenvalue weighted by Crippen LogP contribution is 2.28. The van der Waals surface area contributed by atoms with E-state index in [0.29, 0.717) is 30.1 Å². The van der Waals surface area contributed by atoms with Crippen LogP contribution in [-0.2, 0) is 9.59 Å². The van der Waals surface area contributed by atoms with Crippen LogP contribution in [0.5, 0.6) is 5.75 Å². The second kappa shape index (κ2) is 8.56. The Bertz CT molecular complexity index is 879. The Hall–Kier alpha value is -3.35. The highest BCUT2D eigenvalue weighted by atomic mass is 16.5. The highest BCUT2D eigenvalue weighted by molar-refractivity contribution is 6.07. The van der Waals surface area contributed by atoms with Gasteiger partial charge in [0.15, 0.2) is 0 Å². The maximum Gasteiger partial charge on any atom is 0.253 e. The van der Waals surface area contributed by atoms with Crippen molar-refractivity contribution in [1.29, 1.82) is 0 Å². The lowest BCUT2D eigenvalue weighted by Gasteiger charge is -2.17.